The third-order valence-electron chi connectivity index (χ3n) is 3.79. The molecule has 106 valence electrons. The topological polar surface area (TPSA) is 48.4 Å². The van der Waals surface area contributed by atoms with Gasteiger partial charge in [0.1, 0.15) is 5.82 Å². The van der Waals surface area contributed by atoms with Crippen LogP contribution in [0.1, 0.15) is 32.8 Å². The number of aromatic nitrogens is 1. The molecular weight excluding hydrogens is 238 g/mol. The van der Waals surface area contributed by atoms with Crippen LogP contribution < -0.4 is 10.2 Å². The Labute approximate surface area is 115 Å². The maximum atomic E-state index is 10.0. The van der Waals surface area contributed by atoms with Crippen LogP contribution in [0.25, 0.3) is 0 Å². The fourth-order valence-corrected chi connectivity index (χ4v) is 2.41. The summed E-state index contributed by atoms with van der Waals surface area (Å²) in [5.41, 5.74) is 1.21. The average Bonchev–Trinajstić information content (AvgIpc) is 2.40. The number of rotatable bonds is 4. The minimum Gasteiger partial charge on any atom is -0.391 e. The summed E-state index contributed by atoms with van der Waals surface area (Å²) in [6.45, 7) is 8.88. The van der Waals surface area contributed by atoms with Gasteiger partial charge in [0.05, 0.1) is 6.10 Å². The maximum Gasteiger partial charge on any atom is 0.133 e. The average molecular weight is 263 g/mol. The van der Waals surface area contributed by atoms with E-state index in [1.54, 1.807) is 0 Å². The molecule has 1 fully saturated rings. The fraction of sp³-hybridized carbons (Fsp3) is 0.667. The molecule has 1 aromatic rings. The van der Waals surface area contributed by atoms with Gasteiger partial charge >= 0.3 is 0 Å². The molecule has 2 heterocycles. The van der Waals surface area contributed by atoms with Crippen molar-refractivity contribution in [2.75, 3.05) is 18.0 Å². The van der Waals surface area contributed by atoms with Crippen LogP contribution in [0.2, 0.25) is 0 Å². The summed E-state index contributed by atoms with van der Waals surface area (Å²) in [5, 5.41) is 13.5. The van der Waals surface area contributed by atoms with Crippen molar-refractivity contribution in [2.24, 2.45) is 5.92 Å². The summed E-state index contributed by atoms with van der Waals surface area (Å²) in [7, 11) is 0. The molecule has 4 heteroatoms. The maximum absolute atomic E-state index is 10.0. The Bertz CT molecular complexity index is 408. The third kappa shape index (κ3) is 3.67. The van der Waals surface area contributed by atoms with Gasteiger partial charge in [-0.05, 0) is 18.4 Å². The second kappa shape index (κ2) is 6.35. The van der Waals surface area contributed by atoms with Crippen LogP contribution in [0.4, 0.5) is 5.82 Å². The highest BCUT2D eigenvalue weighted by molar-refractivity contribution is 5.47. The number of nitrogens with zero attached hydrogens (tertiary/aromatic N) is 2. The Kier molecular flexibility index (Phi) is 4.77. The predicted octanol–water partition coefficient (Wildman–Crippen LogP) is 1.79. The van der Waals surface area contributed by atoms with Gasteiger partial charge in [0.15, 0.2) is 0 Å². The lowest BCUT2D eigenvalue weighted by Gasteiger charge is -2.36. The molecule has 0 radical (unpaired) electrons. The molecule has 1 aliphatic rings. The van der Waals surface area contributed by atoms with Crippen molar-refractivity contribution in [1.82, 2.24) is 10.3 Å². The highest BCUT2D eigenvalue weighted by atomic mass is 16.3. The van der Waals surface area contributed by atoms with Gasteiger partial charge in [-0.3, -0.25) is 0 Å². The van der Waals surface area contributed by atoms with E-state index < -0.39 is 0 Å². The summed E-state index contributed by atoms with van der Waals surface area (Å²) in [4.78, 5) is 6.72. The van der Waals surface area contributed by atoms with Gasteiger partial charge in [-0.1, -0.05) is 26.8 Å². The van der Waals surface area contributed by atoms with E-state index in [4.69, 9.17) is 0 Å². The first-order valence-electron chi connectivity index (χ1n) is 7.18. The Morgan fingerprint density at radius 2 is 2.32 bits per heavy atom. The SMILES string of the molecule is CC(C)NCc1cccnc1N1CCC(C)C(O)C1. The zero-order valence-electron chi connectivity index (χ0n) is 12.1. The normalized spacial score (nSPS) is 23.9. The molecule has 4 nitrogen and oxygen atoms in total. The molecule has 19 heavy (non-hydrogen) atoms. The summed E-state index contributed by atoms with van der Waals surface area (Å²) in [6.07, 6.45) is 2.61. The molecule has 1 saturated heterocycles. The van der Waals surface area contributed by atoms with Crippen LogP contribution in [0, 0.1) is 5.92 Å². The van der Waals surface area contributed by atoms with E-state index in [1.165, 1.54) is 5.56 Å². The summed E-state index contributed by atoms with van der Waals surface area (Å²) in [5.74, 6) is 1.40. The highest BCUT2D eigenvalue weighted by Crippen LogP contribution is 2.24. The monoisotopic (exact) mass is 263 g/mol. The molecule has 2 N–H and O–H groups in total. The largest absolute Gasteiger partial charge is 0.391 e. The van der Waals surface area contributed by atoms with Crippen LogP contribution in [0.3, 0.4) is 0 Å². The quantitative estimate of drug-likeness (QED) is 0.869. The van der Waals surface area contributed by atoms with E-state index in [0.29, 0.717) is 18.5 Å². The number of anilines is 1. The summed E-state index contributed by atoms with van der Waals surface area (Å²) in [6, 6.07) is 4.55. The lowest BCUT2D eigenvalue weighted by atomic mass is 9.96. The number of aliphatic hydroxyl groups excluding tert-OH is 1. The first-order valence-corrected chi connectivity index (χ1v) is 7.18. The minimum atomic E-state index is -0.248. The smallest absolute Gasteiger partial charge is 0.133 e. The number of hydrogen-bond donors (Lipinski definition) is 2. The Hall–Kier alpha value is -1.13. The number of aliphatic hydroxyl groups is 1. The Morgan fingerprint density at radius 3 is 3.00 bits per heavy atom. The lowest BCUT2D eigenvalue weighted by molar-refractivity contribution is 0.102. The van der Waals surface area contributed by atoms with E-state index in [0.717, 1.165) is 25.3 Å². The molecule has 0 saturated carbocycles. The zero-order chi connectivity index (χ0) is 13.8. The van der Waals surface area contributed by atoms with Crippen LogP contribution in [0.15, 0.2) is 18.3 Å². The molecule has 2 unspecified atom stereocenters. The van der Waals surface area contributed by atoms with E-state index >= 15 is 0 Å². The van der Waals surface area contributed by atoms with Gasteiger partial charge in [0, 0.05) is 37.4 Å². The van der Waals surface area contributed by atoms with E-state index in [2.05, 4.69) is 42.0 Å². The number of piperidine rings is 1. The van der Waals surface area contributed by atoms with Crippen molar-refractivity contribution >= 4 is 5.82 Å². The van der Waals surface area contributed by atoms with Crippen molar-refractivity contribution in [3.8, 4) is 0 Å². The van der Waals surface area contributed by atoms with Gasteiger partial charge in [-0.2, -0.15) is 0 Å². The van der Waals surface area contributed by atoms with Crippen molar-refractivity contribution in [1.29, 1.82) is 0 Å². The van der Waals surface area contributed by atoms with Crippen molar-refractivity contribution < 1.29 is 5.11 Å². The number of pyridine rings is 1. The predicted molar refractivity (Wildman–Crippen MR) is 78.2 cm³/mol. The van der Waals surface area contributed by atoms with Gasteiger partial charge in [0.25, 0.3) is 0 Å². The molecule has 2 rings (SSSR count). The third-order valence-corrected chi connectivity index (χ3v) is 3.79. The van der Waals surface area contributed by atoms with Crippen LogP contribution in [0.5, 0.6) is 0 Å². The highest BCUT2D eigenvalue weighted by Gasteiger charge is 2.26. The molecule has 0 bridgehead atoms. The second-order valence-electron chi connectivity index (χ2n) is 5.80. The zero-order valence-corrected chi connectivity index (χ0v) is 12.1. The molecular formula is C15H25N3O. The summed E-state index contributed by atoms with van der Waals surface area (Å²) < 4.78 is 0. The van der Waals surface area contributed by atoms with Crippen LogP contribution in [-0.2, 0) is 6.54 Å². The fourth-order valence-electron chi connectivity index (χ4n) is 2.41. The van der Waals surface area contributed by atoms with Gasteiger partial charge < -0.3 is 15.3 Å². The van der Waals surface area contributed by atoms with E-state index in [1.807, 2.05) is 12.3 Å². The van der Waals surface area contributed by atoms with Gasteiger partial charge in [-0.15, -0.1) is 0 Å². The van der Waals surface area contributed by atoms with Gasteiger partial charge in [0.2, 0.25) is 0 Å². The van der Waals surface area contributed by atoms with Crippen LogP contribution in [-0.4, -0.2) is 35.3 Å². The molecule has 0 aliphatic carbocycles. The number of hydrogen-bond acceptors (Lipinski definition) is 4. The molecule has 0 spiro atoms. The number of nitrogens with one attached hydrogen (secondary N) is 1. The molecule has 0 amide bonds. The van der Waals surface area contributed by atoms with E-state index in [9.17, 15) is 5.11 Å². The molecule has 1 aromatic heterocycles. The minimum absolute atomic E-state index is 0.248. The Morgan fingerprint density at radius 1 is 1.53 bits per heavy atom. The first-order chi connectivity index (χ1) is 9.08. The molecule has 1 aliphatic heterocycles. The van der Waals surface area contributed by atoms with Crippen molar-refractivity contribution in [3.63, 3.8) is 0 Å². The van der Waals surface area contributed by atoms with Crippen molar-refractivity contribution in [2.45, 2.75) is 45.9 Å². The molecule has 0 aromatic carbocycles. The van der Waals surface area contributed by atoms with E-state index in [-0.39, 0.29) is 6.10 Å². The summed E-state index contributed by atoms with van der Waals surface area (Å²) >= 11 is 0. The van der Waals surface area contributed by atoms with Gasteiger partial charge in [-0.25, -0.2) is 4.98 Å². The second-order valence-corrected chi connectivity index (χ2v) is 5.80. The van der Waals surface area contributed by atoms with Crippen molar-refractivity contribution in [3.05, 3.63) is 23.9 Å². The lowest BCUT2D eigenvalue weighted by Crippen LogP contribution is -2.43. The number of β-amino-alcohol motifs (C(OH)–C–C–N with tert-alkyl or cyclic N) is 1. The standard InChI is InChI=1S/C15H25N3O/c1-11(2)17-9-13-5-4-7-16-15(13)18-8-6-12(3)14(19)10-18/h4-5,7,11-12,14,17,19H,6,8-10H2,1-3H3. The molecule has 2 atom stereocenters. The first kappa shape index (κ1) is 14.3. The Balaban J connectivity index is 2.10. The van der Waals surface area contributed by atoms with Crippen LogP contribution >= 0.6 is 0 Å².